The van der Waals surface area contributed by atoms with Gasteiger partial charge in [-0.15, -0.1) is 0 Å². The molecule has 0 bridgehead atoms. The van der Waals surface area contributed by atoms with E-state index >= 15 is 0 Å². The van der Waals surface area contributed by atoms with E-state index in [1.165, 1.54) is 37.9 Å². The maximum absolute atomic E-state index is 12.4. The van der Waals surface area contributed by atoms with E-state index in [0.717, 1.165) is 34.4 Å². The van der Waals surface area contributed by atoms with Gasteiger partial charge in [0, 0.05) is 30.1 Å². The Labute approximate surface area is 171 Å². The lowest BCUT2D eigenvalue weighted by Crippen LogP contribution is -2.29. The van der Waals surface area contributed by atoms with Crippen molar-refractivity contribution in [1.82, 2.24) is 10.2 Å². The largest absolute Gasteiger partial charge is 0.497 e. The fraction of sp³-hybridized carbons (Fsp3) is 0.375. The summed E-state index contributed by atoms with van der Waals surface area (Å²) in [6, 6.07) is 14.2. The number of nitrogens with one attached hydrogen (secondary N) is 1. The van der Waals surface area contributed by atoms with E-state index in [2.05, 4.69) is 34.5 Å². The molecule has 1 fully saturated rings. The van der Waals surface area contributed by atoms with E-state index < -0.39 is 0 Å². The van der Waals surface area contributed by atoms with Crippen LogP contribution in [0.15, 0.2) is 53.1 Å². The molecule has 0 spiro atoms. The third-order valence-corrected chi connectivity index (χ3v) is 5.58. The number of likely N-dealkylation sites (tertiary alicyclic amines) is 1. The number of furan rings is 1. The van der Waals surface area contributed by atoms with Crippen LogP contribution in [0.1, 0.15) is 36.0 Å². The molecule has 1 aromatic heterocycles. The summed E-state index contributed by atoms with van der Waals surface area (Å²) in [5, 5.41) is 3.96. The summed E-state index contributed by atoms with van der Waals surface area (Å²) in [6.45, 7) is 3.96. The number of rotatable bonds is 7. The van der Waals surface area contributed by atoms with Crippen molar-refractivity contribution in [1.29, 1.82) is 0 Å². The van der Waals surface area contributed by atoms with Gasteiger partial charge in [-0.05, 0) is 49.2 Å². The van der Waals surface area contributed by atoms with Gasteiger partial charge in [-0.3, -0.25) is 9.69 Å². The van der Waals surface area contributed by atoms with Crippen molar-refractivity contribution in [3.05, 3.63) is 65.4 Å². The van der Waals surface area contributed by atoms with Gasteiger partial charge in [0.1, 0.15) is 11.3 Å². The molecule has 1 aliphatic heterocycles. The molecule has 5 nitrogen and oxygen atoms in total. The number of methoxy groups -OCH3 is 1. The van der Waals surface area contributed by atoms with Crippen molar-refractivity contribution in [3.63, 3.8) is 0 Å². The van der Waals surface area contributed by atoms with Gasteiger partial charge < -0.3 is 14.5 Å². The minimum Gasteiger partial charge on any atom is -0.497 e. The Morgan fingerprint density at radius 3 is 2.59 bits per heavy atom. The fourth-order valence-electron chi connectivity index (χ4n) is 3.90. The van der Waals surface area contributed by atoms with Gasteiger partial charge in [-0.25, -0.2) is 0 Å². The first-order valence-corrected chi connectivity index (χ1v) is 10.3. The Bertz CT molecular complexity index is 956. The lowest BCUT2D eigenvalue weighted by atomic mass is 10.1. The van der Waals surface area contributed by atoms with E-state index in [1.54, 1.807) is 13.4 Å². The normalized spacial score (nSPS) is 14.8. The average Bonchev–Trinajstić information content (AvgIpc) is 3.16. The Morgan fingerprint density at radius 2 is 1.83 bits per heavy atom. The minimum absolute atomic E-state index is 0.0130. The van der Waals surface area contributed by atoms with Gasteiger partial charge in [0.2, 0.25) is 5.91 Å². The van der Waals surface area contributed by atoms with Crippen LogP contribution >= 0.6 is 0 Å². The number of benzene rings is 2. The van der Waals surface area contributed by atoms with Crippen LogP contribution in [-0.2, 0) is 24.3 Å². The number of hydrogen-bond acceptors (Lipinski definition) is 4. The van der Waals surface area contributed by atoms with Gasteiger partial charge >= 0.3 is 0 Å². The number of carbonyl (C=O) groups is 1. The molecule has 3 aromatic rings. The van der Waals surface area contributed by atoms with Crippen molar-refractivity contribution in [2.45, 2.75) is 38.8 Å². The molecule has 1 saturated heterocycles. The van der Waals surface area contributed by atoms with E-state index in [1.807, 2.05) is 18.2 Å². The first kappa shape index (κ1) is 19.5. The van der Waals surface area contributed by atoms with Crippen LogP contribution in [0.25, 0.3) is 11.0 Å². The molecule has 1 aliphatic rings. The van der Waals surface area contributed by atoms with Crippen molar-refractivity contribution >= 4 is 16.9 Å². The van der Waals surface area contributed by atoms with Gasteiger partial charge in [-0.2, -0.15) is 0 Å². The molecule has 2 aromatic carbocycles. The topological polar surface area (TPSA) is 54.7 Å². The molecular formula is C24H28N2O3. The van der Waals surface area contributed by atoms with Crippen molar-refractivity contribution in [3.8, 4) is 5.75 Å². The molecule has 5 heteroatoms. The summed E-state index contributed by atoms with van der Waals surface area (Å²) in [7, 11) is 1.62. The van der Waals surface area contributed by atoms with E-state index in [9.17, 15) is 4.79 Å². The van der Waals surface area contributed by atoms with Crippen LogP contribution in [0, 0.1) is 0 Å². The number of fused-ring (bicyclic) bond motifs is 1. The molecule has 0 aliphatic carbocycles. The average molecular weight is 392 g/mol. The second-order valence-electron chi connectivity index (χ2n) is 7.73. The zero-order valence-electron chi connectivity index (χ0n) is 16.9. The smallest absolute Gasteiger partial charge is 0.224 e. The van der Waals surface area contributed by atoms with Gasteiger partial charge in [-0.1, -0.05) is 30.7 Å². The summed E-state index contributed by atoms with van der Waals surface area (Å²) < 4.78 is 10.8. The van der Waals surface area contributed by atoms with Gasteiger partial charge in [0.05, 0.1) is 19.8 Å². The SMILES string of the molecule is COc1ccc2c(CC(=O)NCc3ccc(CN4CCCCC4)cc3)coc2c1. The second kappa shape index (κ2) is 9.14. The standard InChI is InChI=1S/C24H28N2O3/c1-28-21-9-10-22-20(17-29-23(22)14-21)13-24(27)25-15-18-5-7-19(8-6-18)16-26-11-3-2-4-12-26/h5-10,14,17H,2-4,11-13,15-16H2,1H3,(H,25,27). The molecule has 0 radical (unpaired) electrons. The van der Waals surface area contributed by atoms with E-state index in [0.29, 0.717) is 13.0 Å². The first-order valence-electron chi connectivity index (χ1n) is 10.3. The zero-order chi connectivity index (χ0) is 20.1. The lowest BCUT2D eigenvalue weighted by molar-refractivity contribution is -0.120. The van der Waals surface area contributed by atoms with Crippen LogP contribution in [-0.4, -0.2) is 31.0 Å². The molecule has 152 valence electrons. The summed E-state index contributed by atoms with van der Waals surface area (Å²) >= 11 is 0. The molecule has 2 heterocycles. The third-order valence-electron chi connectivity index (χ3n) is 5.58. The molecule has 29 heavy (non-hydrogen) atoms. The lowest BCUT2D eigenvalue weighted by Gasteiger charge is -2.26. The molecule has 0 atom stereocenters. The first-order chi connectivity index (χ1) is 14.2. The summed E-state index contributed by atoms with van der Waals surface area (Å²) in [6.07, 6.45) is 5.93. The summed E-state index contributed by atoms with van der Waals surface area (Å²) in [5.74, 6) is 0.729. The maximum Gasteiger partial charge on any atom is 0.224 e. The number of ether oxygens (including phenoxy) is 1. The predicted molar refractivity (Wildman–Crippen MR) is 114 cm³/mol. The van der Waals surface area contributed by atoms with Crippen molar-refractivity contribution in [2.75, 3.05) is 20.2 Å². The van der Waals surface area contributed by atoms with Crippen LogP contribution in [0.3, 0.4) is 0 Å². The Hall–Kier alpha value is -2.79. The Morgan fingerprint density at radius 1 is 1.07 bits per heavy atom. The quantitative estimate of drug-likeness (QED) is 0.652. The number of amides is 1. The second-order valence-corrected chi connectivity index (χ2v) is 7.73. The molecule has 0 saturated carbocycles. The summed E-state index contributed by atoms with van der Waals surface area (Å²) in [5.41, 5.74) is 4.07. The van der Waals surface area contributed by atoms with Crippen LogP contribution < -0.4 is 10.1 Å². The molecule has 0 unspecified atom stereocenters. The van der Waals surface area contributed by atoms with Crippen molar-refractivity contribution in [2.24, 2.45) is 0 Å². The maximum atomic E-state index is 12.4. The minimum atomic E-state index is -0.0130. The van der Waals surface area contributed by atoms with Gasteiger partial charge in [0.15, 0.2) is 0 Å². The van der Waals surface area contributed by atoms with E-state index in [-0.39, 0.29) is 5.91 Å². The fourth-order valence-corrected chi connectivity index (χ4v) is 3.90. The third kappa shape index (κ3) is 4.98. The number of nitrogens with zero attached hydrogens (tertiary/aromatic N) is 1. The highest BCUT2D eigenvalue weighted by Crippen LogP contribution is 2.25. The number of hydrogen-bond donors (Lipinski definition) is 1. The predicted octanol–water partition coefficient (Wildman–Crippen LogP) is 4.29. The van der Waals surface area contributed by atoms with E-state index in [4.69, 9.17) is 9.15 Å². The zero-order valence-corrected chi connectivity index (χ0v) is 16.9. The number of piperidine rings is 1. The molecule has 1 amide bonds. The summed E-state index contributed by atoms with van der Waals surface area (Å²) in [4.78, 5) is 14.9. The molecule has 4 rings (SSSR count). The highest BCUT2D eigenvalue weighted by molar-refractivity contribution is 5.88. The van der Waals surface area contributed by atoms with Crippen LogP contribution in [0.2, 0.25) is 0 Å². The van der Waals surface area contributed by atoms with Gasteiger partial charge in [0.25, 0.3) is 0 Å². The monoisotopic (exact) mass is 392 g/mol. The molecule has 1 N–H and O–H groups in total. The van der Waals surface area contributed by atoms with Crippen LogP contribution in [0.4, 0.5) is 0 Å². The van der Waals surface area contributed by atoms with Crippen LogP contribution in [0.5, 0.6) is 5.75 Å². The highest BCUT2D eigenvalue weighted by atomic mass is 16.5. The van der Waals surface area contributed by atoms with Crippen molar-refractivity contribution < 1.29 is 13.9 Å². The number of carbonyl (C=O) groups excluding carboxylic acids is 1. The highest BCUT2D eigenvalue weighted by Gasteiger charge is 2.12. The Balaban J connectivity index is 1.29. The molecular weight excluding hydrogens is 364 g/mol. The Kier molecular flexibility index (Phi) is 6.15.